The Morgan fingerprint density at radius 2 is 1.73 bits per heavy atom. The first-order valence-electron chi connectivity index (χ1n) is 5.65. The van der Waals surface area contributed by atoms with Gasteiger partial charge in [-0.15, -0.1) is 0 Å². The van der Waals surface area contributed by atoms with Crippen molar-refractivity contribution in [2.24, 2.45) is 0 Å². The Bertz CT molecular complexity index is 332. The van der Waals surface area contributed by atoms with Crippen molar-refractivity contribution in [1.29, 1.82) is 0 Å². The molecule has 0 amide bonds. The molecule has 1 rings (SSSR count). The third-order valence-corrected chi connectivity index (χ3v) is 2.72. The van der Waals surface area contributed by atoms with Crippen molar-refractivity contribution in [3.63, 3.8) is 0 Å². The number of hydrogen-bond acceptors (Lipinski definition) is 1. The van der Waals surface area contributed by atoms with Crippen LogP contribution in [0.25, 0.3) is 0 Å². The van der Waals surface area contributed by atoms with Gasteiger partial charge in [-0.25, -0.2) is 0 Å². The van der Waals surface area contributed by atoms with Gasteiger partial charge in [-0.3, -0.25) is 4.79 Å². The topological polar surface area (TPSA) is 17.1 Å². The molecule has 1 atom stereocenters. The monoisotopic (exact) mass is 204 g/mol. The number of rotatable bonds is 4. The summed E-state index contributed by atoms with van der Waals surface area (Å²) in [6.07, 6.45) is 1.63. The summed E-state index contributed by atoms with van der Waals surface area (Å²) in [5.41, 5.74) is 3.63. The Kier molecular flexibility index (Phi) is 4.07. The van der Waals surface area contributed by atoms with E-state index in [0.717, 1.165) is 12.0 Å². The molecule has 0 saturated carbocycles. The molecule has 0 bridgehead atoms. The van der Waals surface area contributed by atoms with E-state index in [0.29, 0.717) is 12.2 Å². The number of ketones is 1. The molecule has 0 aliphatic rings. The molecule has 0 N–H and O–H groups in total. The highest BCUT2D eigenvalue weighted by Gasteiger charge is 2.14. The molecule has 1 aromatic rings. The summed E-state index contributed by atoms with van der Waals surface area (Å²) in [6.45, 7) is 8.21. The summed E-state index contributed by atoms with van der Waals surface area (Å²) < 4.78 is 0. The number of carbonyl (C=O) groups is 1. The van der Waals surface area contributed by atoms with E-state index in [1.54, 1.807) is 0 Å². The lowest BCUT2D eigenvalue weighted by molar-refractivity contribution is -0.120. The fraction of sp³-hybridized carbons (Fsp3) is 0.500. The molecule has 0 aromatic heterocycles. The minimum absolute atomic E-state index is 0.0450. The lowest BCUT2D eigenvalue weighted by atomic mass is 9.92. The van der Waals surface area contributed by atoms with Crippen LogP contribution in [-0.2, 0) is 4.79 Å². The Labute approximate surface area is 92.5 Å². The van der Waals surface area contributed by atoms with Crippen LogP contribution in [0, 0.1) is 13.8 Å². The van der Waals surface area contributed by atoms with Gasteiger partial charge in [0.1, 0.15) is 5.78 Å². The third kappa shape index (κ3) is 3.19. The van der Waals surface area contributed by atoms with E-state index in [-0.39, 0.29) is 5.92 Å². The first kappa shape index (κ1) is 12.0. The predicted octanol–water partition coefficient (Wildman–Crippen LogP) is 3.78. The molecule has 1 heteroatoms. The van der Waals surface area contributed by atoms with Gasteiger partial charge >= 0.3 is 0 Å². The maximum absolute atomic E-state index is 11.8. The third-order valence-electron chi connectivity index (χ3n) is 2.72. The van der Waals surface area contributed by atoms with Gasteiger partial charge in [-0.05, 0) is 25.8 Å². The molecule has 82 valence electrons. The van der Waals surface area contributed by atoms with Gasteiger partial charge in [0.15, 0.2) is 0 Å². The van der Waals surface area contributed by atoms with Gasteiger partial charge in [0.05, 0.1) is 0 Å². The van der Waals surface area contributed by atoms with E-state index in [1.165, 1.54) is 11.1 Å². The smallest absolute Gasteiger partial charge is 0.140 e. The van der Waals surface area contributed by atoms with Gasteiger partial charge in [-0.2, -0.15) is 0 Å². The first-order valence-corrected chi connectivity index (χ1v) is 5.65. The van der Waals surface area contributed by atoms with Gasteiger partial charge in [-0.1, -0.05) is 43.2 Å². The van der Waals surface area contributed by atoms with Crippen LogP contribution in [0.2, 0.25) is 0 Å². The fourth-order valence-corrected chi connectivity index (χ4v) is 1.91. The molecule has 0 saturated heterocycles. The minimum atomic E-state index is 0.0450. The largest absolute Gasteiger partial charge is 0.299 e. The van der Waals surface area contributed by atoms with Crippen LogP contribution in [-0.4, -0.2) is 5.78 Å². The van der Waals surface area contributed by atoms with Crippen molar-refractivity contribution in [3.05, 3.63) is 34.9 Å². The van der Waals surface area contributed by atoms with Gasteiger partial charge < -0.3 is 0 Å². The number of hydrogen-bond donors (Lipinski definition) is 0. The zero-order valence-electron chi connectivity index (χ0n) is 10.1. The van der Waals surface area contributed by atoms with Crippen LogP contribution in [0.15, 0.2) is 18.2 Å². The molecule has 15 heavy (non-hydrogen) atoms. The van der Waals surface area contributed by atoms with Crippen molar-refractivity contribution >= 4 is 5.78 Å². The second kappa shape index (κ2) is 5.11. The molecule has 0 aliphatic carbocycles. The highest BCUT2D eigenvalue weighted by atomic mass is 16.1. The Morgan fingerprint density at radius 3 is 2.20 bits per heavy atom. The second-order valence-electron chi connectivity index (χ2n) is 4.36. The SMILES string of the molecule is CCCC(=O)C(C)c1cc(C)cc(C)c1. The number of aryl methyl sites for hydroxylation is 2. The second-order valence-corrected chi connectivity index (χ2v) is 4.36. The van der Waals surface area contributed by atoms with Crippen LogP contribution < -0.4 is 0 Å². The van der Waals surface area contributed by atoms with Crippen molar-refractivity contribution in [2.45, 2.75) is 46.5 Å². The van der Waals surface area contributed by atoms with Crippen LogP contribution in [0.5, 0.6) is 0 Å². The van der Waals surface area contributed by atoms with E-state index in [9.17, 15) is 4.79 Å². The number of benzene rings is 1. The molecule has 1 nitrogen and oxygen atoms in total. The molecule has 0 fully saturated rings. The van der Waals surface area contributed by atoms with Crippen molar-refractivity contribution in [3.8, 4) is 0 Å². The van der Waals surface area contributed by atoms with Crippen LogP contribution >= 0.6 is 0 Å². The van der Waals surface area contributed by atoms with E-state index in [2.05, 4.69) is 32.0 Å². The zero-order chi connectivity index (χ0) is 11.4. The van der Waals surface area contributed by atoms with E-state index < -0.39 is 0 Å². The van der Waals surface area contributed by atoms with Crippen molar-refractivity contribution in [1.82, 2.24) is 0 Å². The van der Waals surface area contributed by atoms with Crippen LogP contribution in [0.3, 0.4) is 0 Å². The van der Waals surface area contributed by atoms with Crippen molar-refractivity contribution < 1.29 is 4.79 Å². The summed E-state index contributed by atoms with van der Waals surface area (Å²) in [5, 5.41) is 0. The standard InChI is InChI=1S/C14H20O/c1-5-6-14(15)12(4)13-8-10(2)7-11(3)9-13/h7-9,12H,5-6H2,1-4H3. The summed E-state index contributed by atoms with van der Waals surface area (Å²) in [6, 6.07) is 6.37. The highest BCUT2D eigenvalue weighted by Crippen LogP contribution is 2.21. The quantitative estimate of drug-likeness (QED) is 0.729. The molecule has 0 spiro atoms. The lowest BCUT2D eigenvalue weighted by Crippen LogP contribution is -2.08. The van der Waals surface area contributed by atoms with Crippen LogP contribution in [0.4, 0.5) is 0 Å². The van der Waals surface area contributed by atoms with Crippen LogP contribution in [0.1, 0.15) is 49.3 Å². The van der Waals surface area contributed by atoms with Gasteiger partial charge in [0.2, 0.25) is 0 Å². The normalized spacial score (nSPS) is 12.5. The highest BCUT2D eigenvalue weighted by molar-refractivity contribution is 5.85. The summed E-state index contributed by atoms with van der Waals surface area (Å²) in [4.78, 5) is 11.8. The van der Waals surface area contributed by atoms with E-state index in [4.69, 9.17) is 0 Å². The lowest BCUT2D eigenvalue weighted by Gasteiger charge is -2.12. The summed E-state index contributed by atoms with van der Waals surface area (Å²) in [7, 11) is 0. The Morgan fingerprint density at radius 1 is 1.20 bits per heavy atom. The molecule has 0 radical (unpaired) electrons. The number of Topliss-reactive ketones (excluding diaryl/α,β-unsaturated/α-hetero) is 1. The minimum Gasteiger partial charge on any atom is -0.299 e. The van der Waals surface area contributed by atoms with E-state index >= 15 is 0 Å². The predicted molar refractivity (Wildman–Crippen MR) is 64.2 cm³/mol. The average Bonchev–Trinajstić information content (AvgIpc) is 2.15. The molecule has 1 aromatic carbocycles. The number of carbonyl (C=O) groups excluding carboxylic acids is 1. The molecule has 1 unspecified atom stereocenters. The first-order chi connectivity index (χ1) is 7.04. The summed E-state index contributed by atoms with van der Waals surface area (Å²) in [5.74, 6) is 0.394. The average molecular weight is 204 g/mol. The fourth-order valence-electron chi connectivity index (χ4n) is 1.91. The maximum Gasteiger partial charge on any atom is 0.140 e. The molecule has 0 heterocycles. The van der Waals surface area contributed by atoms with Gasteiger partial charge in [0, 0.05) is 12.3 Å². The molecular formula is C14H20O. The maximum atomic E-state index is 11.8. The van der Waals surface area contributed by atoms with Gasteiger partial charge in [0.25, 0.3) is 0 Å². The Balaban J connectivity index is 2.90. The van der Waals surface area contributed by atoms with Crippen molar-refractivity contribution in [2.75, 3.05) is 0 Å². The zero-order valence-corrected chi connectivity index (χ0v) is 10.1. The Hall–Kier alpha value is -1.11. The molecule has 0 aliphatic heterocycles. The van der Waals surface area contributed by atoms with E-state index in [1.807, 2.05) is 13.8 Å². The molecular weight excluding hydrogens is 184 g/mol. The summed E-state index contributed by atoms with van der Waals surface area (Å²) >= 11 is 0.